The lowest BCUT2D eigenvalue weighted by Gasteiger charge is -2.42. The van der Waals surface area contributed by atoms with E-state index in [9.17, 15) is 46.3 Å². The van der Waals surface area contributed by atoms with Crippen molar-refractivity contribution in [3.05, 3.63) is 190 Å². The summed E-state index contributed by atoms with van der Waals surface area (Å²) in [6, 6.07) is 36.4. The quantitative estimate of drug-likeness (QED) is 0.00526. The summed E-state index contributed by atoms with van der Waals surface area (Å²) in [6.45, 7) is 17.6. The summed E-state index contributed by atoms with van der Waals surface area (Å²) in [5.74, 6) is -1.25. The predicted octanol–water partition coefficient (Wildman–Crippen LogP) is 12.3. The average molecular weight is 1740 g/mol. The van der Waals surface area contributed by atoms with Crippen LogP contribution in [0.25, 0.3) is 43.2 Å². The molecule has 9 aromatic rings. The Morgan fingerprint density at radius 1 is 0.748 bits per heavy atom. The largest absolute Gasteiger partial charge is 0.542 e. The lowest BCUT2D eigenvalue weighted by Crippen LogP contribution is -2.57. The fourth-order valence-corrected chi connectivity index (χ4v) is 14.6. The molecule has 1 saturated heterocycles. The maximum absolute atomic E-state index is 14.8. The number of hydrogen-bond donors (Lipinski definition) is 6. The molecule has 123 heavy (non-hydrogen) atoms. The van der Waals surface area contributed by atoms with Crippen LogP contribution in [-0.2, 0) is 70.9 Å². The van der Waals surface area contributed by atoms with Crippen molar-refractivity contribution in [3.8, 4) is 74.2 Å². The lowest BCUT2D eigenvalue weighted by atomic mass is 9.96. The molecule has 6 aromatic carbocycles. The highest BCUT2D eigenvalue weighted by Gasteiger charge is 2.35. The summed E-state index contributed by atoms with van der Waals surface area (Å²) in [6.07, 6.45) is 1.29. The van der Waals surface area contributed by atoms with Gasteiger partial charge in [0.05, 0.1) is 56.0 Å². The molecular formula is C89H101ClF4N12O16S. The number of alkyl carbamates (subject to hydrolysis) is 2. The van der Waals surface area contributed by atoms with Crippen LogP contribution >= 0.6 is 22.9 Å². The van der Waals surface area contributed by atoms with Crippen molar-refractivity contribution >= 4 is 80.7 Å². The van der Waals surface area contributed by atoms with Gasteiger partial charge in [-0.3, -0.25) is 19.3 Å². The molecule has 1 aliphatic rings. The summed E-state index contributed by atoms with van der Waals surface area (Å²) in [5.41, 5.74) is 7.38. The molecule has 4 heterocycles. The summed E-state index contributed by atoms with van der Waals surface area (Å²) in [7, 11) is 7.27. The first kappa shape index (κ1) is 94.6. The monoisotopic (exact) mass is 1740 g/mol. The van der Waals surface area contributed by atoms with E-state index in [2.05, 4.69) is 54.8 Å². The van der Waals surface area contributed by atoms with E-state index in [1.54, 1.807) is 92.3 Å². The number of unbranched alkanes of at least 4 members (excludes halogenated alkanes) is 1. The molecule has 0 radical (unpaired) electrons. The first-order valence-electron chi connectivity index (χ1n) is 39.6. The van der Waals surface area contributed by atoms with Crippen LogP contribution < -0.4 is 60.7 Å². The molecule has 0 aliphatic carbocycles. The number of ether oxygens (including phenoxy) is 8. The number of carbonyl (C=O) groups excluding carboxylic acids is 7. The predicted molar refractivity (Wildman–Crippen MR) is 454 cm³/mol. The molecule has 1 fully saturated rings. The molecular weight excluding hydrogens is 1640 g/mol. The van der Waals surface area contributed by atoms with Gasteiger partial charge in [0, 0.05) is 67.0 Å². The highest BCUT2D eigenvalue weighted by atomic mass is 35.5. The number of carbonyl (C=O) groups is 7. The van der Waals surface area contributed by atoms with E-state index in [-0.39, 0.29) is 45.1 Å². The second kappa shape index (κ2) is 44.5. The zero-order chi connectivity index (χ0) is 89.1. The molecule has 0 spiro atoms. The summed E-state index contributed by atoms with van der Waals surface area (Å²) >= 11 is 8.74. The van der Waals surface area contributed by atoms with Gasteiger partial charge in [0.1, 0.15) is 96.0 Å². The summed E-state index contributed by atoms with van der Waals surface area (Å²) in [5, 5.41) is 26.6. The number of terminal acetylenes is 1. The van der Waals surface area contributed by atoms with Gasteiger partial charge in [0.25, 0.3) is 0 Å². The van der Waals surface area contributed by atoms with Crippen LogP contribution in [0.15, 0.2) is 146 Å². The number of esters is 1. The number of methoxy groups -OCH3 is 2. The molecule has 0 unspecified atom stereocenters. The van der Waals surface area contributed by atoms with Crippen LogP contribution in [0.4, 0.5) is 32.8 Å². The third kappa shape index (κ3) is 27.6. The number of hydrogen-bond acceptors (Lipinski definition) is 23. The standard InChI is InChI=1S/C87H100ClFN12O14S.C2HF3O2/c1-13-45-111-86(107)98-68(22-18-19-38-92-85(106)115-87(6,7)8)80(103)99-76(54(2)3)81(104)95-56(5)79(102)97-63-32-29-60(61(47-63)49-90-9)50-101(10)43-40-100(41-44-101)42-46-110-71-36-35-66(55(4)75(71)88)73-74-82(93-53-94-83(74)116-77(73)58-27-30-62(89)31-28-58)114-72(84(105)113-51-57-25-33-65(108-11)34-26-57)48-59-20-14-16-23-69(59)112-52-64-37-39-91-78(96-64)67-21-15-17-24-70(67)109-12;3-2(4,5)1(6)7/h1,14-17,20-21,23-37,39,47,53-54,56,68,72,76,90H,18-19,22,38,40-46,48-52H2,2-12H3,(H4-,92,95,97,98,99,102,103,104,106,107);(H,6,7)/t56-,68-,72+,76-;/m0./s1. The first-order valence-corrected chi connectivity index (χ1v) is 40.8. The number of carboxylic acids is 1. The van der Waals surface area contributed by atoms with Gasteiger partial charge in [0.2, 0.25) is 29.7 Å². The molecule has 34 heteroatoms. The van der Waals surface area contributed by atoms with Crippen LogP contribution in [0.3, 0.4) is 0 Å². The molecule has 10 rings (SSSR count). The van der Waals surface area contributed by atoms with Gasteiger partial charge in [-0.2, -0.15) is 13.2 Å². The summed E-state index contributed by atoms with van der Waals surface area (Å²) in [4.78, 5) is 112. The maximum Gasteiger partial charge on any atom is 0.430 e. The smallest absolute Gasteiger partial charge is 0.430 e. The minimum Gasteiger partial charge on any atom is -0.542 e. The van der Waals surface area contributed by atoms with E-state index in [4.69, 9.17) is 80.8 Å². The van der Waals surface area contributed by atoms with Crippen molar-refractivity contribution in [3.63, 3.8) is 0 Å². The molecule has 5 amide bonds. The second-order valence-electron chi connectivity index (χ2n) is 30.5. The zero-order valence-electron chi connectivity index (χ0n) is 70.1. The number of rotatable bonds is 37. The number of carboxylic acid groups (broad SMARTS) is 1. The Kier molecular flexibility index (Phi) is 34.3. The SMILES string of the molecule is C#CCOC(=O)N[C@@H](CCCCNC(=O)OC(C)(C)C)C(=O)N[C@H](C(=O)N[C@@H](C)C(=O)Nc1ccc(C[N+]2(C)CCN(CCOc3ccc(-c4c(-c5ccc(F)cc5)sc5ncnc(O[C@H](Cc6ccccc6OCc6ccnc(-c7ccccc7OC)n6)C(=O)OCc6ccc(OC)cc6)c45)c(C)c3Cl)CC2)c(CNC)c1)C(C)C.O=C([O-])C(F)(F)F. The van der Waals surface area contributed by atoms with E-state index in [0.29, 0.717) is 116 Å². The zero-order valence-corrected chi connectivity index (χ0v) is 71.7. The number of benzene rings is 6. The molecule has 4 atom stereocenters. The number of halogens is 5. The minimum atomic E-state index is -5.19. The van der Waals surface area contributed by atoms with Gasteiger partial charge < -0.3 is 84.2 Å². The average Bonchev–Trinajstić information content (AvgIpc) is 1.60. The minimum absolute atomic E-state index is 0.0145. The Bertz CT molecular complexity index is 5180. The van der Waals surface area contributed by atoms with Gasteiger partial charge in [-0.1, -0.05) is 98.1 Å². The van der Waals surface area contributed by atoms with Gasteiger partial charge in [-0.05, 0) is 167 Å². The molecule has 0 bridgehead atoms. The van der Waals surface area contributed by atoms with Crippen molar-refractivity contribution < 1.29 is 98.6 Å². The van der Waals surface area contributed by atoms with Crippen molar-refractivity contribution in [2.45, 2.75) is 136 Å². The van der Waals surface area contributed by atoms with Crippen molar-refractivity contribution in [2.24, 2.45) is 5.92 Å². The number of alkyl halides is 3. The van der Waals surface area contributed by atoms with Crippen LogP contribution in [0.5, 0.6) is 28.9 Å². The second-order valence-corrected chi connectivity index (χ2v) is 31.9. The molecule has 1 aliphatic heterocycles. The normalized spacial score (nSPS) is 13.6. The maximum atomic E-state index is 14.8. The molecule has 28 nitrogen and oxygen atoms in total. The van der Waals surface area contributed by atoms with Crippen molar-refractivity contribution in [1.82, 2.24) is 51.4 Å². The van der Waals surface area contributed by atoms with Gasteiger partial charge in [0.15, 0.2) is 12.4 Å². The Morgan fingerprint density at radius 2 is 1.46 bits per heavy atom. The van der Waals surface area contributed by atoms with Crippen molar-refractivity contribution in [2.75, 3.05) is 86.1 Å². The number of nitrogens with zero attached hydrogens (tertiary/aromatic N) is 6. The van der Waals surface area contributed by atoms with Gasteiger partial charge in [-0.15, -0.1) is 17.8 Å². The van der Waals surface area contributed by atoms with E-state index in [0.717, 1.165) is 64.3 Å². The number of aromatic nitrogens is 4. The number of anilines is 1. The Morgan fingerprint density at radius 3 is 2.13 bits per heavy atom. The Hall–Kier alpha value is -12.2. The topological polar surface area (TPSA) is 343 Å². The van der Waals surface area contributed by atoms with E-state index in [1.165, 1.54) is 29.8 Å². The third-order valence-electron chi connectivity index (χ3n) is 19.7. The number of para-hydroxylation sites is 2. The number of aliphatic carboxylic acids is 1. The number of likely N-dealkylation sites (N-methyl/N-ethyl adjacent to an activating group) is 1. The number of quaternary nitrogens is 1. The van der Waals surface area contributed by atoms with Gasteiger partial charge >= 0.3 is 24.3 Å². The molecule has 0 saturated carbocycles. The van der Waals surface area contributed by atoms with Gasteiger partial charge in [-0.25, -0.2) is 38.7 Å². The first-order chi connectivity index (χ1) is 58.7. The third-order valence-corrected chi connectivity index (χ3v) is 21.4. The van der Waals surface area contributed by atoms with E-state index in [1.807, 2.05) is 105 Å². The van der Waals surface area contributed by atoms with Crippen LogP contribution in [-0.4, -0.2) is 188 Å². The highest BCUT2D eigenvalue weighted by Crippen LogP contribution is 2.50. The Labute approximate surface area is 720 Å². The van der Waals surface area contributed by atoms with Crippen LogP contribution in [0, 0.1) is 31.0 Å². The fraction of sp³-hybridized carbons (Fsp3) is 0.382. The number of amides is 5. The van der Waals surface area contributed by atoms with Crippen LogP contribution in [0.1, 0.15) is 94.3 Å². The van der Waals surface area contributed by atoms with Crippen molar-refractivity contribution in [1.29, 1.82) is 0 Å². The molecule has 6 N–H and O–H groups in total. The fourth-order valence-electron chi connectivity index (χ4n) is 13.2. The number of nitrogens with one attached hydrogen (secondary N) is 6. The van der Waals surface area contributed by atoms with Crippen LogP contribution in [0.2, 0.25) is 5.02 Å². The molecule has 3 aromatic heterocycles. The summed E-state index contributed by atoms with van der Waals surface area (Å²) < 4.78 is 94.3. The molecule has 654 valence electrons. The lowest BCUT2D eigenvalue weighted by molar-refractivity contribution is -0.926. The van der Waals surface area contributed by atoms with E-state index < -0.39 is 89.6 Å². The highest BCUT2D eigenvalue weighted by molar-refractivity contribution is 7.22. The number of fused-ring (bicyclic) bond motifs is 1. The number of thiophene rings is 1. The van der Waals surface area contributed by atoms with E-state index >= 15 is 0 Å². The Balaban J connectivity index is 0.00000235. The number of piperazine rings is 1.